The number of aromatic nitrogens is 6. The number of aryl methyl sites for hydroxylation is 1. The number of hydrogen-bond acceptors (Lipinski definition) is 4. The Hall–Kier alpha value is -3.48. The van der Waals surface area contributed by atoms with E-state index in [9.17, 15) is 4.79 Å². The van der Waals surface area contributed by atoms with Crippen LogP contribution in [0, 0.1) is 6.92 Å². The normalized spacial score (nSPS) is 11.7. The van der Waals surface area contributed by atoms with E-state index in [2.05, 4.69) is 20.3 Å². The van der Waals surface area contributed by atoms with Gasteiger partial charge in [0, 0.05) is 12.3 Å². The van der Waals surface area contributed by atoms with Crippen LogP contribution in [0.4, 0.5) is 0 Å². The van der Waals surface area contributed by atoms with Gasteiger partial charge in [-0.05, 0) is 19.1 Å². The Morgan fingerprint density at radius 1 is 1.08 bits per heavy atom. The van der Waals surface area contributed by atoms with Gasteiger partial charge in [-0.3, -0.25) is 14.5 Å². The van der Waals surface area contributed by atoms with E-state index in [0.29, 0.717) is 22.2 Å². The predicted octanol–water partition coefficient (Wildman–Crippen LogP) is 2.22. The summed E-state index contributed by atoms with van der Waals surface area (Å²) in [6.07, 6.45) is 3.25. The second kappa shape index (κ2) is 4.51. The summed E-state index contributed by atoms with van der Waals surface area (Å²) in [6, 6.07) is 11.4. The molecule has 24 heavy (non-hydrogen) atoms. The maximum atomic E-state index is 13.2. The third kappa shape index (κ3) is 1.60. The summed E-state index contributed by atoms with van der Waals surface area (Å²) < 4.78 is 3.45. The molecule has 0 saturated carbocycles. The SMILES string of the molecule is Cc1cc2n(-c3ccccc3)c(=O)c3cnc4[nH]ncc4c3n2n1. The highest BCUT2D eigenvalue weighted by atomic mass is 16.1. The lowest BCUT2D eigenvalue weighted by molar-refractivity contribution is 0.912. The maximum absolute atomic E-state index is 13.2. The molecule has 0 spiro atoms. The molecule has 0 unspecified atom stereocenters. The smallest absolute Gasteiger partial charge is 0.267 e. The van der Waals surface area contributed by atoms with Crippen LogP contribution < -0.4 is 5.56 Å². The van der Waals surface area contributed by atoms with Crippen LogP contribution in [-0.2, 0) is 0 Å². The average Bonchev–Trinajstić information content (AvgIpc) is 3.21. The fourth-order valence-electron chi connectivity index (χ4n) is 3.13. The largest absolute Gasteiger partial charge is 0.268 e. The molecule has 0 aliphatic carbocycles. The zero-order valence-electron chi connectivity index (χ0n) is 12.8. The van der Waals surface area contributed by atoms with Crippen LogP contribution in [0.2, 0.25) is 0 Å². The standard InChI is InChI=1S/C17H12N6O/c1-10-7-14-22(11-5-3-2-4-6-11)17(24)13-8-18-16-12(9-19-20-16)15(13)23(14)21-10/h2-9H,1H3,(H,18,19,20). The second-order valence-corrected chi connectivity index (χ2v) is 5.68. The van der Waals surface area contributed by atoms with Crippen LogP contribution in [0.1, 0.15) is 5.69 Å². The number of pyridine rings is 1. The molecule has 4 aromatic heterocycles. The quantitative estimate of drug-likeness (QED) is 0.514. The number of hydrogen-bond donors (Lipinski definition) is 1. The molecule has 0 radical (unpaired) electrons. The van der Waals surface area contributed by atoms with Crippen LogP contribution in [0.15, 0.2) is 53.6 Å². The fraction of sp³-hybridized carbons (Fsp3) is 0.0588. The van der Waals surface area contributed by atoms with Gasteiger partial charge in [-0.15, -0.1) is 0 Å². The molecular formula is C17H12N6O. The molecule has 7 nitrogen and oxygen atoms in total. The van der Waals surface area contributed by atoms with Crippen molar-refractivity contribution in [2.45, 2.75) is 6.92 Å². The van der Waals surface area contributed by atoms with Gasteiger partial charge in [-0.2, -0.15) is 10.2 Å². The van der Waals surface area contributed by atoms with Gasteiger partial charge in [0.1, 0.15) is 5.65 Å². The number of para-hydroxylation sites is 1. The van der Waals surface area contributed by atoms with Crippen molar-refractivity contribution >= 4 is 27.6 Å². The number of nitrogens with zero attached hydrogens (tertiary/aromatic N) is 5. The second-order valence-electron chi connectivity index (χ2n) is 5.68. The Balaban J connectivity index is 2.10. The van der Waals surface area contributed by atoms with E-state index in [-0.39, 0.29) is 5.56 Å². The van der Waals surface area contributed by atoms with Gasteiger partial charge in [-0.1, -0.05) is 18.2 Å². The molecule has 1 N–H and O–H groups in total. The van der Waals surface area contributed by atoms with Gasteiger partial charge in [0.2, 0.25) is 0 Å². The highest BCUT2D eigenvalue weighted by Gasteiger charge is 2.17. The van der Waals surface area contributed by atoms with Gasteiger partial charge in [0.15, 0.2) is 5.65 Å². The Bertz CT molecular complexity index is 1280. The van der Waals surface area contributed by atoms with E-state index in [1.54, 1.807) is 21.5 Å². The number of fused-ring (bicyclic) bond motifs is 5. The van der Waals surface area contributed by atoms with Crippen molar-refractivity contribution in [3.05, 3.63) is 64.8 Å². The number of benzene rings is 1. The summed E-state index contributed by atoms with van der Waals surface area (Å²) in [5.74, 6) is 0. The van der Waals surface area contributed by atoms with Crippen molar-refractivity contribution in [2.24, 2.45) is 0 Å². The van der Waals surface area contributed by atoms with Crippen LogP contribution in [0.5, 0.6) is 0 Å². The monoisotopic (exact) mass is 316 g/mol. The lowest BCUT2D eigenvalue weighted by atomic mass is 10.2. The molecule has 0 aliphatic heterocycles. The summed E-state index contributed by atoms with van der Waals surface area (Å²) in [5, 5.41) is 12.7. The van der Waals surface area contributed by atoms with Crippen LogP contribution in [-0.4, -0.2) is 29.4 Å². The highest BCUT2D eigenvalue weighted by molar-refractivity contribution is 6.02. The van der Waals surface area contributed by atoms with Crippen LogP contribution in [0.3, 0.4) is 0 Å². The van der Waals surface area contributed by atoms with Gasteiger partial charge < -0.3 is 0 Å². The average molecular weight is 316 g/mol. The van der Waals surface area contributed by atoms with Crippen molar-refractivity contribution in [1.82, 2.24) is 29.4 Å². The minimum Gasteiger partial charge on any atom is -0.268 e. The Morgan fingerprint density at radius 3 is 2.75 bits per heavy atom. The lowest BCUT2D eigenvalue weighted by Gasteiger charge is -2.11. The maximum Gasteiger partial charge on any atom is 0.267 e. The zero-order chi connectivity index (χ0) is 16.3. The number of H-pyrrole nitrogens is 1. The van der Waals surface area contributed by atoms with Gasteiger partial charge in [0.05, 0.1) is 33.9 Å². The summed E-state index contributed by atoms with van der Waals surface area (Å²) in [5.41, 5.74) is 3.56. The molecular weight excluding hydrogens is 304 g/mol. The molecule has 0 fully saturated rings. The molecule has 0 bridgehead atoms. The molecule has 7 heteroatoms. The summed E-state index contributed by atoms with van der Waals surface area (Å²) >= 11 is 0. The van der Waals surface area contributed by atoms with Crippen LogP contribution >= 0.6 is 0 Å². The fourth-order valence-corrected chi connectivity index (χ4v) is 3.13. The first-order valence-electron chi connectivity index (χ1n) is 7.52. The number of aromatic amines is 1. The van der Waals surface area contributed by atoms with E-state index >= 15 is 0 Å². The van der Waals surface area contributed by atoms with Gasteiger partial charge in [-0.25, -0.2) is 9.50 Å². The molecule has 0 saturated heterocycles. The molecule has 0 aliphatic rings. The minimum atomic E-state index is -0.126. The summed E-state index contributed by atoms with van der Waals surface area (Å²) in [7, 11) is 0. The van der Waals surface area contributed by atoms with Crippen molar-refractivity contribution in [3.63, 3.8) is 0 Å². The minimum absolute atomic E-state index is 0.126. The van der Waals surface area contributed by atoms with E-state index in [0.717, 1.165) is 16.8 Å². The van der Waals surface area contributed by atoms with Gasteiger partial charge >= 0.3 is 0 Å². The summed E-state index contributed by atoms with van der Waals surface area (Å²) in [4.78, 5) is 17.5. The van der Waals surface area contributed by atoms with Crippen molar-refractivity contribution in [3.8, 4) is 5.69 Å². The summed E-state index contributed by atoms with van der Waals surface area (Å²) in [6.45, 7) is 1.91. The van der Waals surface area contributed by atoms with Crippen molar-refractivity contribution in [1.29, 1.82) is 0 Å². The highest BCUT2D eigenvalue weighted by Crippen LogP contribution is 2.23. The molecule has 4 heterocycles. The van der Waals surface area contributed by atoms with Crippen LogP contribution in [0.25, 0.3) is 33.3 Å². The first kappa shape index (κ1) is 13.0. The van der Waals surface area contributed by atoms with Crippen molar-refractivity contribution < 1.29 is 0 Å². The Kier molecular flexibility index (Phi) is 2.44. The van der Waals surface area contributed by atoms with Gasteiger partial charge in [0.25, 0.3) is 5.56 Å². The Labute approximate surface area is 135 Å². The molecule has 0 atom stereocenters. The number of nitrogens with one attached hydrogen (secondary N) is 1. The molecule has 5 rings (SSSR count). The lowest BCUT2D eigenvalue weighted by Crippen LogP contribution is -2.21. The molecule has 116 valence electrons. The first-order chi connectivity index (χ1) is 11.7. The Morgan fingerprint density at radius 2 is 1.92 bits per heavy atom. The molecule has 5 aromatic rings. The topological polar surface area (TPSA) is 80.9 Å². The molecule has 0 amide bonds. The predicted molar refractivity (Wildman–Crippen MR) is 90.5 cm³/mol. The van der Waals surface area contributed by atoms with E-state index in [1.165, 1.54) is 0 Å². The van der Waals surface area contributed by atoms with E-state index in [1.807, 2.05) is 43.3 Å². The third-order valence-corrected chi connectivity index (χ3v) is 4.15. The first-order valence-corrected chi connectivity index (χ1v) is 7.52. The zero-order valence-corrected chi connectivity index (χ0v) is 12.8. The van der Waals surface area contributed by atoms with E-state index in [4.69, 9.17) is 0 Å². The number of rotatable bonds is 1. The van der Waals surface area contributed by atoms with E-state index < -0.39 is 0 Å². The third-order valence-electron chi connectivity index (χ3n) is 4.15. The van der Waals surface area contributed by atoms with Crippen molar-refractivity contribution in [2.75, 3.05) is 0 Å². The molecule has 1 aromatic carbocycles.